The fraction of sp³-hybridized carbons (Fsp3) is 0.0309. The van der Waals surface area contributed by atoms with Crippen molar-refractivity contribution in [2.45, 2.75) is 6.92 Å². The first-order valence-electron chi connectivity index (χ1n) is 34.5. The second-order valence-corrected chi connectivity index (χ2v) is 26.8. The van der Waals surface area contributed by atoms with Crippen molar-refractivity contribution in [1.82, 2.24) is 9.13 Å². The molecule has 2 heterocycles. The number of benzene rings is 18. The normalized spacial score (nSPS) is 11.8. The second kappa shape index (κ2) is 23.8. The van der Waals surface area contributed by atoms with Crippen LogP contribution in [0.25, 0.3) is 191 Å². The van der Waals surface area contributed by atoms with Gasteiger partial charge in [-0.15, -0.1) is 0 Å². The zero-order valence-corrected chi connectivity index (χ0v) is 55.7. The molecular weight excluding hydrogens is 1210 g/mol. The number of methoxy groups -OCH3 is 1. The highest BCUT2D eigenvalue weighted by Crippen LogP contribution is 2.48. The lowest BCUT2D eigenvalue weighted by molar-refractivity contribution is 0.415. The molecule has 0 N–H and O–H groups in total. The van der Waals surface area contributed by atoms with Gasteiger partial charge < -0.3 is 13.9 Å². The van der Waals surface area contributed by atoms with E-state index in [4.69, 9.17) is 4.74 Å². The molecule has 0 aliphatic carbocycles. The van der Waals surface area contributed by atoms with E-state index in [1.807, 2.05) is 6.07 Å². The summed E-state index contributed by atoms with van der Waals surface area (Å²) in [7, 11) is 3.88. The summed E-state index contributed by atoms with van der Waals surface area (Å²) in [5.74, 6) is 0.871. The number of hydrogen-bond acceptors (Lipinski definition) is 1. The minimum Gasteiger partial charge on any atom is -0.497 e. The van der Waals surface area contributed by atoms with Gasteiger partial charge in [0.25, 0.3) is 0 Å². The molecule has 0 aliphatic heterocycles. The number of fused-ring (bicyclic) bond motifs is 13. The van der Waals surface area contributed by atoms with E-state index in [0.717, 1.165) is 5.75 Å². The molecule has 2 aromatic heterocycles. The van der Waals surface area contributed by atoms with Crippen molar-refractivity contribution in [1.29, 1.82) is 0 Å². The molecule has 18 aromatic carbocycles. The van der Waals surface area contributed by atoms with E-state index < -0.39 is 0 Å². The third-order valence-corrected chi connectivity index (χ3v) is 21.0. The van der Waals surface area contributed by atoms with Gasteiger partial charge in [-0.25, -0.2) is 0 Å². The zero-order valence-electron chi connectivity index (χ0n) is 55.7. The molecule has 0 amide bonds. The van der Waals surface area contributed by atoms with Gasteiger partial charge >= 0.3 is 0 Å². The maximum absolute atomic E-state index is 5.51. The van der Waals surface area contributed by atoms with E-state index in [2.05, 4.69) is 363 Å². The first-order valence-corrected chi connectivity index (χ1v) is 34.5. The molecule has 0 saturated heterocycles. The van der Waals surface area contributed by atoms with Crippen LogP contribution < -0.4 is 4.74 Å². The highest BCUT2D eigenvalue weighted by atomic mass is 16.5. The molecule has 0 saturated carbocycles. The molecule has 100 heavy (non-hydrogen) atoms. The van der Waals surface area contributed by atoms with Crippen molar-refractivity contribution in [3.05, 3.63) is 351 Å². The molecule has 0 unspecified atom stereocenters. The SMILES string of the molecule is COc1ccc2cc(-c3c4ccccc4c(-c4cccc(-c5ccc6c(c5)c5ccccc5n6-c5ccc6ccccc6c5)c4)c4ccccc34)ccc2c1.Cc1ccc2cc(-c3c4ccccc4c(-c4cccc(-c5ccc6c(c5)c5ccccc5n6C)c4)c4ccccc34)ccc2c1. The van der Waals surface area contributed by atoms with Gasteiger partial charge in [-0.2, -0.15) is 0 Å². The third kappa shape index (κ3) is 9.72. The Morgan fingerprint density at radius 3 is 1.09 bits per heavy atom. The molecule has 470 valence electrons. The minimum absolute atomic E-state index is 0.871. The van der Waals surface area contributed by atoms with Crippen LogP contribution >= 0.6 is 0 Å². The maximum Gasteiger partial charge on any atom is 0.119 e. The van der Waals surface area contributed by atoms with E-state index in [1.54, 1.807) is 7.11 Å². The summed E-state index contributed by atoms with van der Waals surface area (Å²) >= 11 is 0. The fourth-order valence-electron chi connectivity index (χ4n) is 16.3. The summed E-state index contributed by atoms with van der Waals surface area (Å²) in [6.45, 7) is 2.16. The lowest BCUT2D eigenvalue weighted by Crippen LogP contribution is -1.93. The Balaban J connectivity index is 0.000000142. The molecule has 3 heteroatoms. The standard InChI is InChI=1S/C53H35NO.C44H31N/c1-55-43-27-24-37-30-41(22-21-38(37)32-43)53-47-18-6-4-16-45(47)52(46-17-5-7-19-48(46)53)40-14-10-13-35(29-40)39-25-28-51-49(33-39)44-15-8-9-20-50(44)54(51)42-26-23-34-11-2-3-12-36(34)31-42;1-28-18-19-31-26-34(21-20-30(31)24-28)44-38-15-5-3-13-36(38)43(37-14-4-6-16-39(37)44)33-11-9-10-29(25-33)32-22-23-42-40(27-32)35-12-7-8-17-41(35)45(42)2/h2-33H,1H3;3-27H,1-2H3. The lowest BCUT2D eigenvalue weighted by Gasteiger charge is -2.18. The first kappa shape index (κ1) is 58.5. The van der Waals surface area contributed by atoms with Crippen molar-refractivity contribution in [3.63, 3.8) is 0 Å². The molecule has 0 fully saturated rings. The zero-order chi connectivity index (χ0) is 66.5. The number of para-hydroxylation sites is 2. The fourth-order valence-corrected chi connectivity index (χ4v) is 16.3. The quantitative estimate of drug-likeness (QED) is 0.139. The maximum atomic E-state index is 5.51. The van der Waals surface area contributed by atoms with Crippen LogP contribution in [-0.4, -0.2) is 16.2 Å². The summed E-state index contributed by atoms with van der Waals surface area (Å²) < 4.78 is 10.2. The Morgan fingerprint density at radius 1 is 0.220 bits per heavy atom. The van der Waals surface area contributed by atoms with E-state index in [-0.39, 0.29) is 0 Å². The Morgan fingerprint density at radius 2 is 0.560 bits per heavy atom. The average molecular weight is 1280 g/mol. The highest BCUT2D eigenvalue weighted by Gasteiger charge is 2.21. The molecule has 0 spiro atoms. The van der Waals surface area contributed by atoms with Crippen LogP contribution in [0, 0.1) is 6.92 Å². The van der Waals surface area contributed by atoms with Crippen LogP contribution in [0.15, 0.2) is 346 Å². The van der Waals surface area contributed by atoms with Crippen LogP contribution in [0.3, 0.4) is 0 Å². The average Bonchev–Trinajstić information content (AvgIpc) is 0.898. The Labute approximate surface area is 579 Å². The smallest absolute Gasteiger partial charge is 0.119 e. The number of aryl methyl sites for hydroxylation is 2. The van der Waals surface area contributed by atoms with Crippen LogP contribution in [0.2, 0.25) is 0 Å². The lowest BCUT2D eigenvalue weighted by atomic mass is 9.85. The molecular formula is C97H66N2O. The summed E-state index contributed by atoms with van der Waals surface area (Å²) in [5, 5.41) is 22.6. The van der Waals surface area contributed by atoms with Gasteiger partial charge in [-0.1, -0.05) is 266 Å². The summed E-state index contributed by atoms with van der Waals surface area (Å²) in [5.41, 5.74) is 22.3. The van der Waals surface area contributed by atoms with Crippen molar-refractivity contribution in [2.24, 2.45) is 7.05 Å². The topological polar surface area (TPSA) is 19.1 Å². The molecule has 0 aliphatic rings. The van der Waals surface area contributed by atoms with Crippen LogP contribution in [0.4, 0.5) is 0 Å². The van der Waals surface area contributed by atoms with Crippen LogP contribution in [0.5, 0.6) is 5.75 Å². The van der Waals surface area contributed by atoms with Gasteiger partial charge in [0, 0.05) is 45.3 Å². The van der Waals surface area contributed by atoms with Gasteiger partial charge in [0.1, 0.15) is 5.75 Å². The van der Waals surface area contributed by atoms with E-state index in [9.17, 15) is 0 Å². The Bertz CT molecular complexity index is 6630. The predicted octanol–water partition coefficient (Wildman–Crippen LogP) is 26.5. The molecule has 3 nitrogen and oxygen atoms in total. The van der Waals surface area contributed by atoms with Crippen molar-refractivity contribution in [2.75, 3.05) is 7.11 Å². The van der Waals surface area contributed by atoms with Crippen molar-refractivity contribution >= 4 is 119 Å². The summed E-state index contributed by atoms with van der Waals surface area (Å²) in [6, 6.07) is 127. The monoisotopic (exact) mass is 1270 g/mol. The van der Waals surface area contributed by atoms with Crippen molar-refractivity contribution in [3.8, 4) is 78.2 Å². The number of hydrogen-bond donors (Lipinski definition) is 0. The second-order valence-electron chi connectivity index (χ2n) is 26.8. The largest absolute Gasteiger partial charge is 0.497 e. The van der Waals surface area contributed by atoms with E-state index >= 15 is 0 Å². The molecule has 0 radical (unpaired) electrons. The number of aromatic nitrogens is 2. The van der Waals surface area contributed by atoms with Crippen molar-refractivity contribution < 1.29 is 4.74 Å². The van der Waals surface area contributed by atoms with E-state index in [0.29, 0.717) is 0 Å². The Hall–Kier alpha value is -12.8. The van der Waals surface area contributed by atoms with E-state index in [1.165, 1.54) is 197 Å². The third-order valence-electron chi connectivity index (χ3n) is 21.0. The molecule has 20 aromatic rings. The number of rotatable bonds is 8. The Kier molecular flexibility index (Phi) is 13.9. The predicted molar refractivity (Wildman–Crippen MR) is 428 cm³/mol. The molecule has 20 rings (SSSR count). The van der Waals surface area contributed by atoms with Gasteiger partial charge in [0.15, 0.2) is 0 Å². The van der Waals surface area contributed by atoms with Gasteiger partial charge in [0.05, 0.1) is 18.1 Å². The summed E-state index contributed by atoms with van der Waals surface area (Å²) in [4.78, 5) is 0. The van der Waals surface area contributed by atoms with Crippen LogP contribution in [0.1, 0.15) is 5.56 Å². The first-order chi connectivity index (χ1) is 49.3. The van der Waals surface area contributed by atoms with Gasteiger partial charge in [-0.05, 0) is 234 Å². The van der Waals surface area contributed by atoms with Gasteiger partial charge in [0.2, 0.25) is 0 Å². The van der Waals surface area contributed by atoms with Crippen LogP contribution in [-0.2, 0) is 7.05 Å². The summed E-state index contributed by atoms with van der Waals surface area (Å²) in [6.07, 6.45) is 0. The number of nitrogens with zero attached hydrogens (tertiary/aromatic N) is 2. The molecule has 0 bridgehead atoms. The number of ether oxygens (including phenoxy) is 1. The highest BCUT2D eigenvalue weighted by molar-refractivity contribution is 6.24. The minimum atomic E-state index is 0.871. The molecule has 0 atom stereocenters. The van der Waals surface area contributed by atoms with Gasteiger partial charge in [-0.3, -0.25) is 0 Å².